The molecule has 0 fully saturated rings. The average Bonchev–Trinajstić information content (AvgIpc) is 2.36. The lowest BCUT2D eigenvalue weighted by atomic mass is 10.0. The number of benzene rings is 2. The number of rotatable bonds is 2. The van der Waals surface area contributed by atoms with Gasteiger partial charge in [-0.1, -0.05) is 23.7 Å². The molecule has 0 aromatic heterocycles. The maximum absolute atomic E-state index is 10.9. The molecule has 1 amide bonds. The quantitative estimate of drug-likeness (QED) is 0.877. The van der Waals surface area contributed by atoms with Crippen LogP contribution in [0.25, 0.3) is 11.1 Å². The highest BCUT2D eigenvalue weighted by Crippen LogP contribution is 2.29. The molecule has 98 valence electrons. The minimum atomic E-state index is -1.04. The lowest BCUT2D eigenvalue weighted by Gasteiger charge is -2.14. The van der Waals surface area contributed by atoms with E-state index in [2.05, 4.69) is 0 Å². The predicted octanol–water partition coefficient (Wildman–Crippen LogP) is 3.83. The molecule has 0 bridgehead atoms. The van der Waals surface area contributed by atoms with E-state index in [4.69, 9.17) is 16.7 Å². The number of amides is 1. The third-order valence-corrected chi connectivity index (χ3v) is 2.95. The monoisotopic (exact) mass is 277 g/mol. The van der Waals surface area contributed by atoms with Gasteiger partial charge in [-0.2, -0.15) is 0 Å². The van der Waals surface area contributed by atoms with Crippen LogP contribution in [0, 0.1) is 0 Å². The second-order valence-corrected chi connectivity index (χ2v) is 4.53. The summed E-state index contributed by atoms with van der Waals surface area (Å²) in [5, 5.41) is 18.9. The molecule has 0 radical (unpaired) electrons. The first-order valence-corrected chi connectivity index (χ1v) is 5.92. The van der Waals surface area contributed by atoms with Gasteiger partial charge in [-0.15, -0.1) is 0 Å². The van der Waals surface area contributed by atoms with Crippen molar-refractivity contribution in [2.45, 2.75) is 0 Å². The highest BCUT2D eigenvalue weighted by Gasteiger charge is 2.09. The number of carbonyl (C=O) groups is 1. The van der Waals surface area contributed by atoms with Gasteiger partial charge in [-0.25, -0.2) is 4.79 Å². The topological polar surface area (TPSA) is 60.8 Å². The zero-order valence-electron chi connectivity index (χ0n) is 10.2. The van der Waals surface area contributed by atoms with Crippen molar-refractivity contribution in [2.24, 2.45) is 0 Å². The second kappa shape index (κ2) is 5.20. The third-order valence-electron chi connectivity index (χ3n) is 2.74. The van der Waals surface area contributed by atoms with Crippen molar-refractivity contribution in [3.05, 3.63) is 47.5 Å². The molecule has 0 aliphatic carbocycles. The van der Waals surface area contributed by atoms with E-state index < -0.39 is 6.09 Å². The van der Waals surface area contributed by atoms with Crippen molar-refractivity contribution in [3.63, 3.8) is 0 Å². The minimum absolute atomic E-state index is 0.0690. The molecule has 0 unspecified atom stereocenters. The molecule has 0 atom stereocenters. The smallest absolute Gasteiger partial charge is 0.411 e. The summed E-state index contributed by atoms with van der Waals surface area (Å²) in [6.45, 7) is 0. The Labute approximate surface area is 115 Å². The normalized spacial score (nSPS) is 10.2. The van der Waals surface area contributed by atoms with E-state index in [-0.39, 0.29) is 5.75 Å². The van der Waals surface area contributed by atoms with Gasteiger partial charge in [0.2, 0.25) is 0 Å². The van der Waals surface area contributed by atoms with Crippen molar-refractivity contribution in [1.82, 2.24) is 0 Å². The molecular weight excluding hydrogens is 266 g/mol. The highest BCUT2D eigenvalue weighted by molar-refractivity contribution is 6.31. The van der Waals surface area contributed by atoms with Crippen LogP contribution in [0.2, 0.25) is 5.02 Å². The van der Waals surface area contributed by atoms with Gasteiger partial charge >= 0.3 is 6.09 Å². The number of anilines is 1. The molecule has 2 aromatic rings. The fourth-order valence-corrected chi connectivity index (χ4v) is 1.97. The fraction of sp³-hybridized carbons (Fsp3) is 0.0714. The Morgan fingerprint density at radius 2 is 1.89 bits per heavy atom. The Bertz CT molecular complexity index is 608. The second-order valence-electron chi connectivity index (χ2n) is 4.09. The van der Waals surface area contributed by atoms with Gasteiger partial charge in [0.1, 0.15) is 5.75 Å². The Kier molecular flexibility index (Phi) is 3.62. The van der Waals surface area contributed by atoms with E-state index in [1.54, 1.807) is 30.3 Å². The SMILES string of the molecule is CN(C(=O)O)c1cccc(-c2cc(O)cc(Cl)c2)c1. The number of phenolic OH excluding ortho intramolecular Hbond substituents is 1. The number of phenols is 1. The van der Waals surface area contributed by atoms with E-state index in [9.17, 15) is 9.90 Å². The van der Waals surface area contributed by atoms with Crippen LogP contribution in [-0.2, 0) is 0 Å². The van der Waals surface area contributed by atoms with Gasteiger partial charge in [0.15, 0.2) is 0 Å². The molecule has 2 N–H and O–H groups in total. The highest BCUT2D eigenvalue weighted by atomic mass is 35.5. The number of hydrogen-bond acceptors (Lipinski definition) is 2. The standard InChI is InChI=1S/C14H12ClNO3/c1-16(14(18)19)12-4-2-3-9(6-12)10-5-11(15)8-13(17)7-10/h2-8,17H,1H3,(H,18,19). The summed E-state index contributed by atoms with van der Waals surface area (Å²) < 4.78 is 0. The van der Waals surface area contributed by atoms with Gasteiger partial charge in [-0.3, -0.25) is 4.90 Å². The number of aromatic hydroxyl groups is 1. The maximum Gasteiger partial charge on any atom is 0.411 e. The molecule has 19 heavy (non-hydrogen) atoms. The van der Waals surface area contributed by atoms with Gasteiger partial charge in [-0.05, 0) is 41.5 Å². The molecule has 2 aromatic carbocycles. The summed E-state index contributed by atoms with van der Waals surface area (Å²) in [5.41, 5.74) is 2.05. The van der Waals surface area contributed by atoms with Gasteiger partial charge < -0.3 is 10.2 Å². The summed E-state index contributed by atoms with van der Waals surface area (Å²) in [6.07, 6.45) is -1.04. The van der Waals surface area contributed by atoms with Crippen molar-refractivity contribution in [3.8, 4) is 16.9 Å². The predicted molar refractivity (Wildman–Crippen MR) is 75.0 cm³/mol. The summed E-state index contributed by atoms with van der Waals surface area (Å²) in [5.74, 6) is 0.0690. The molecule has 5 heteroatoms. The first kappa shape index (κ1) is 13.2. The summed E-state index contributed by atoms with van der Waals surface area (Å²) >= 11 is 5.89. The van der Waals surface area contributed by atoms with Crippen molar-refractivity contribution in [2.75, 3.05) is 11.9 Å². The van der Waals surface area contributed by atoms with Crippen LogP contribution in [-0.4, -0.2) is 23.4 Å². The van der Waals surface area contributed by atoms with E-state index >= 15 is 0 Å². The zero-order chi connectivity index (χ0) is 14.0. The van der Waals surface area contributed by atoms with Crippen LogP contribution >= 0.6 is 11.6 Å². The third kappa shape index (κ3) is 2.98. The molecular formula is C14H12ClNO3. The number of carboxylic acid groups (broad SMARTS) is 1. The molecule has 0 aliphatic heterocycles. The van der Waals surface area contributed by atoms with E-state index in [1.165, 1.54) is 13.1 Å². The number of nitrogens with zero attached hydrogens (tertiary/aromatic N) is 1. The van der Waals surface area contributed by atoms with Gasteiger partial charge in [0, 0.05) is 17.8 Å². The van der Waals surface area contributed by atoms with E-state index in [0.29, 0.717) is 10.7 Å². The maximum atomic E-state index is 10.9. The van der Waals surface area contributed by atoms with Crippen molar-refractivity contribution in [1.29, 1.82) is 0 Å². The molecule has 0 saturated carbocycles. The van der Waals surface area contributed by atoms with Crippen molar-refractivity contribution < 1.29 is 15.0 Å². The Hall–Kier alpha value is -2.20. The first-order chi connectivity index (χ1) is 8.97. The lowest BCUT2D eigenvalue weighted by Crippen LogP contribution is -2.23. The largest absolute Gasteiger partial charge is 0.508 e. The fourth-order valence-electron chi connectivity index (χ4n) is 1.75. The Morgan fingerprint density at radius 3 is 2.53 bits per heavy atom. The molecule has 4 nitrogen and oxygen atoms in total. The number of halogens is 1. The molecule has 0 saturated heterocycles. The lowest BCUT2D eigenvalue weighted by molar-refractivity contribution is 0.203. The summed E-state index contributed by atoms with van der Waals surface area (Å²) in [6, 6.07) is 11.7. The van der Waals surface area contributed by atoms with E-state index in [0.717, 1.165) is 16.0 Å². The Morgan fingerprint density at radius 1 is 1.16 bits per heavy atom. The van der Waals surface area contributed by atoms with Crippen LogP contribution in [0.1, 0.15) is 0 Å². The minimum Gasteiger partial charge on any atom is -0.508 e. The van der Waals surface area contributed by atoms with Crippen molar-refractivity contribution >= 4 is 23.4 Å². The van der Waals surface area contributed by atoms with Crippen LogP contribution < -0.4 is 4.90 Å². The van der Waals surface area contributed by atoms with Crippen LogP contribution in [0.3, 0.4) is 0 Å². The average molecular weight is 278 g/mol. The van der Waals surface area contributed by atoms with Gasteiger partial charge in [0.25, 0.3) is 0 Å². The molecule has 0 spiro atoms. The molecule has 2 rings (SSSR count). The summed E-state index contributed by atoms with van der Waals surface area (Å²) in [4.78, 5) is 12.0. The van der Waals surface area contributed by atoms with E-state index in [1.807, 2.05) is 6.07 Å². The van der Waals surface area contributed by atoms with Gasteiger partial charge in [0.05, 0.1) is 0 Å². The van der Waals surface area contributed by atoms with Crippen LogP contribution in [0.5, 0.6) is 5.75 Å². The first-order valence-electron chi connectivity index (χ1n) is 5.54. The molecule has 0 heterocycles. The van der Waals surface area contributed by atoms with Crippen LogP contribution in [0.4, 0.5) is 10.5 Å². The van der Waals surface area contributed by atoms with Crippen LogP contribution in [0.15, 0.2) is 42.5 Å². The molecule has 0 aliphatic rings. The zero-order valence-corrected chi connectivity index (χ0v) is 10.9. The number of hydrogen-bond donors (Lipinski definition) is 2. The summed E-state index contributed by atoms with van der Waals surface area (Å²) in [7, 11) is 1.47. The Balaban J connectivity index is 2.46.